The lowest BCUT2D eigenvalue weighted by atomic mass is 9.88. The summed E-state index contributed by atoms with van der Waals surface area (Å²) >= 11 is 1.52. The van der Waals surface area contributed by atoms with Crippen molar-refractivity contribution in [1.29, 1.82) is 0 Å². The fourth-order valence-electron chi connectivity index (χ4n) is 3.67. The summed E-state index contributed by atoms with van der Waals surface area (Å²) in [6.07, 6.45) is 4.24. The highest BCUT2D eigenvalue weighted by molar-refractivity contribution is 8.01. The van der Waals surface area contributed by atoms with E-state index in [1.165, 1.54) is 11.8 Å². The van der Waals surface area contributed by atoms with Crippen LogP contribution in [0.4, 0.5) is 4.79 Å². The van der Waals surface area contributed by atoms with Crippen LogP contribution in [0.2, 0.25) is 0 Å². The van der Waals surface area contributed by atoms with Crippen molar-refractivity contribution in [1.82, 2.24) is 21.4 Å². The van der Waals surface area contributed by atoms with Crippen LogP contribution in [0.25, 0.3) is 0 Å². The second kappa shape index (κ2) is 10.5. The van der Waals surface area contributed by atoms with Crippen molar-refractivity contribution in [2.45, 2.75) is 68.2 Å². The van der Waals surface area contributed by atoms with E-state index in [-0.39, 0.29) is 36.3 Å². The first kappa shape index (κ1) is 22.3. The topological polar surface area (TPSA) is 163 Å². The molecule has 10 nitrogen and oxygen atoms in total. The number of fused-ring (bicyclic) bond motifs is 1. The Hall–Kier alpha value is -2.01. The number of amides is 4. The molecule has 4 amide bonds. The van der Waals surface area contributed by atoms with Crippen LogP contribution in [-0.2, 0) is 14.4 Å². The quantitative estimate of drug-likeness (QED) is 0.0847. The van der Waals surface area contributed by atoms with E-state index in [2.05, 4.69) is 21.4 Å². The van der Waals surface area contributed by atoms with Gasteiger partial charge in [0.05, 0.1) is 12.1 Å². The first-order valence-corrected chi connectivity index (χ1v) is 10.6. The van der Waals surface area contributed by atoms with Crippen molar-refractivity contribution in [2.24, 2.45) is 5.84 Å². The molecule has 0 radical (unpaired) electrons. The Balaban J connectivity index is 1.86. The number of hydrogen-bond acceptors (Lipinski definition) is 6. The Morgan fingerprint density at radius 1 is 1.14 bits per heavy atom. The average Bonchev–Trinajstić information content (AvgIpc) is 3.19. The summed E-state index contributed by atoms with van der Waals surface area (Å²) in [4.78, 5) is 46.6. The molecule has 0 aliphatic carbocycles. The number of aliphatic carboxylic acids is 1. The van der Waals surface area contributed by atoms with Crippen molar-refractivity contribution in [2.75, 3.05) is 12.3 Å². The number of hydrogen-bond donors (Lipinski definition) is 6. The van der Waals surface area contributed by atoms with Gasteiger partial charge in [-0.1, -0.05) is 12.8 Å². The maximum absolute atomic E-state index is 13.0. The molecule has 2 saturated heterocycles. The minimum absolute atomic E-state index is 0.0669. The van der Waals surface area contributed by atoms with Gasteiger partial charge in [0.1, 0.15) is 4.75 Å². The van der Waals surface area contributed by atoms with Gasteiger partial charge in [-0.05, 0) is 25.7 Å². The maximum Gasteiger partial charge on any atom is 0.315 e. The Morgan fingerprint density at radius 2 is 1.89 bits per heavy atom. The number of thioether (sulfide) groups is 1. The van der Waals surface area contributed by atoms with E-state index in [0.717, 1.165) is 12.8 Å². The lowest BCUT2D eigenvalue weighted by Gasteiger charge is -2.32. The summed E-state index contributed by atoms with van der Waals surface area (Å²) in [5.74, 6) is 4.49. The zero-order valence-electron chi connectivity index (χ0n) is 15.8. The van der Waals surface area contributed by atoms with Crippen molar-refractivity contribution in [3.05, 3.63) is 0 Å². The Kier molecular flexibility index (Phi) is 8.36. The largest absolute Gasteiger partial charge is 0.481 e. The molecule has 0 aromatic heterocycles. The van der Waals surface area contributed by atoms with Crippen LogP contribution in [0.15, 0.2) is 0 Å². The molecular formula is C17H29N5O5S. The minimum atomic E-state index is -0.852. The number of hydrazine groups is 1. The van der Waals surface area contributed by atoms with Gasteiger partial charge < -0.3 is 21.1 Å². The second-order valence-electron chi connectivity index (χ2n) is 7.14. The second-order valence-corrected chi connectivity index (χ2v) is 8.49. The van der Waals surface area contributed by atoms with E-state index in [9.17, 15) is 19.2 Å². The summed E-state index contributed by atoms with van der Waals surface area (Å²) in [5.41, 5.74) is 2.08. The molecule has 3 atom stereocenters. The summed E-state index contributed by atoms with van der Waals surface area (Å²) < 4.78 is -0.790. The van der Waals surface area contributed by atoms with Crippen LogP contribution in [0.5, 0.6) is 0 Å². The number of rotatable bonds is 12. The maximum atomic E-state index is 13.0. The SMILES string of the molecule is NNC(=O)CCCCCNC(=O)[C@@]1(CCCCC(=O)O)SC[C@@H]2NC(=O)N[C@@H]21. The highest BCUT2D eigenvalue weighted by Gasteiger charge is 2.57. The fourth-order valence-corrected chi connectivity index (χ4v) is 5.31. The number of nitrogens with one attached hydrogen (secondary N) is 4. The van der Waals surface area contributed by atoms with Crippen LogP contribution < -0.4 is 27.2 Å². The average molecular weight is 416 g/mol. The van der Waals surface area contributed by atoms with Crippen LogP contribution in [-0.4, -0.2) is 58.0 Å². The van der Waals surface area contributed by atoms with E-state index < -0.39 is 10.7 Å². The van der Waals surface area contributed by atoms with Gasteiger partial charge in [-0.3, -0.25) is 19.8 Å². The molecule has 2 rings (SSSR count). The van der Waals surface area contributed by atoms with E-state index in [1.54, 1.807) is 0 Å². The number of carbonyl (C=O) groups is 4. The van der Waals surface area contributed by atoms with Gasteiger partial charge in [-0.2, -0.15) is 0 Å². The third-order valence-electron chi connectivity index (χ3n) is 5.13. The third-order valence-corrected chi connectivity index (χ3v) is 6.81. The fraction of sp³-hybridized carbons (Fsp3) is 0.765. The number of carboxylic acid groups (broad SMARTS) is 1. The standard InChI is InChI=1S/C17H29N5O5S/c18-22-12(23)6-2-1-5-9-19-15(26)17(8-4-3-7-13(24)25)14-11(10-28-17)20-16(27)21-14/h11,14H,1-10,18H2,(H,19,26)(H,22,23)(H,24,25)(H2,20,21,27)/t11-,14-,17-/m0/s1. The smallest absolute Gasteiger partial charge is 0.315 e. The van der Waals surface area contributed by atoms with E-state index in [1.807, 2.05) is 0 Å². The van der Waals surface area contributed by atoms with Crippen molar-refractivity contribution < 1.29 is 24.3 Å². The van der Waals surface area contributed by atoms with Gasteiger partial charge in [-0.25, -0.2) is 10.6 Å². The molecule has 0 saturated carbocycles. The van der Waals surface area contributed by atoms with Crippen LogP contribution >= 0.6 is 11.8 Å². The predicted octanol–water partition coefficient (Wildman–Crippen LogP) is -0.166. The highest BCUT2D eigenvalue weighted by atomic mass is 32.2. The molecule has 0 unspecified atom stereocenters. The molecule has 2 aliphatic heterocycles. The summed E-state index contributed by atoms with van der Waals surface area (Å²) in [5, 5.41) is 17.5. The Bertz CT molecular complexity index is 604. The van der Waals surface area contributed by atoms with Crippen molar-refractivity contribution >= 4 is 35.6 Å². The van der Waals surface area contributed by atoms with Crippen LogP contribution in [0, 0.1) is 0 Å². The Labute approximate surface area is 168 Å². The highest BCUT2D eigenvalue weighted by Crippen LogP contribution is 2.44. The molecule has 158 valence electrons. The van der Waals surface area contributed by atoms with Gasteiger partial charge in [0.2, 0.25) is 11.8 Å². The molecular weight excluding hydrogens is 386 g/mol. The molecule has 28 heavy (non-hydrogen) atoms. The van der Waals surface area contributed by atoms with Gasteiger partial charge in [-0.15, -0.1) is 11.8 Å². The zero-order chi connectivity index (χ0) is 20.6. The Morgan fingerprint density at radius 3 is 2.61 bits per heavy atom. The molecule has 2 heterocycles. The molecule has 11 heteroatoms. The van der Waals surface area contributed by atoms with Gasteiger partial charge in [0.15, 0.2) is 0 Å². The molecule has 2 fully saturated rings. The van der Waals surface area contributed by atoms with Gasteiger partial charge in [0.25, 0.3) is 0 Å². The van der Waals surface area contributed by atoms with E-state index in [4.69, 9.17) is 10.9 Å². The van der Waals surface area contributed by atoms with Crippen LogP contribution in [0.3, 0.4) is 0 Å². The third kappa shape index (κ3) is 5.74. The van der Waals surface area contributed by atoms with Crippen molar-refractivity contribution in [3.63, 3.8) is 0 Å². The first-order valence-electron chi connectivity index (χ1n) is 9.59. The van der Waals surface area contributed by atoms with E-state index in [0.29, 0.717) is 44.4 Å². The first-order chi connectivity index (χ1) is 13.4. The molecule has 2 aliphatic rings. The zero-order valence-corrected chi connectivity index (χ0v) is 16.6. The number of carbonyl (C=O) groups excluding carboxylic acids is 3. The van der Waals surface area contributed by atoms with Gasteiger partial charge >= 0.3 is 12.0 Å². The summed E-state index contributed by atoms with van der Waals surface area (Å²) in [7, 11) is 0. The predicted molar refractivity (Wildman–Crippen MR) is 104 cm³/mol. The van der Waals surface area contributed by atoms with Gasteiger partial charge in [0, 0.05) is 25.1 Å². The minimum Gasteiger partial charge on any atom is -0.481 e. The molecule has 0 aromatic carbocycles. The monoisotopic (exact) mass is 415 g/mol. The molecule has 0 bridgehead atoms. The van der Waals surface area contributed by atoms with E-state index >= 15 is 0 Å². The lowest BCUT2D eigenvalue weighted by Crippen LogP contribution is -2.56. The lowest BCUT2D eigenvalue weighted by molar-refractivity contribution is -0.137. The van der Waals surface area contributed by atoms with Crippen molar-refractivity contribution in [3.8, 4) is 0 Å². The number of carboxylic acids is 1. The number of unbranched alkanes of at least 4 members (excludes halogenated alkanes) is 3. The summed E-state index contributed by atoms with van der Waals surface area (Å²) in [6.45, 7) is 0.485. The molecule has 7 N–H and O–H groups in total. The molecule has 0 aromatic rings. The molecule has 0 spiro atoms. The number of urea groups is 1. The number of nitrogens with two attached hydrogens (primary N) is 1. The summed E-state index contributed by atoms with van der Waals surface area (Å²) in [6, 6.07) is -0.670. The normalized spacial score (nSPS) is 25.5. The van der Waals surface area contributed by atoms with Crippen LogP contribution in [0.1, 0.15) is 51.4 Å².